The molecule has 1 aromatic heterocycles. The van der Waals surface area contributed by atoms with Crippen LogP contribution in [0.2, 0.25) is 0 Å². The van der Waals surface area contributed by atoms with Gasteiger partial charge in [0.2, 0.25) is 0 Å². The molecule has 0 saturated heterocycles. The van der Waals surface area contributed by atoms with Crippen molar-refractivity contribution < 1.29 is 14.6 Å². The summed E-state index contributed by atoms with van der Waals surface area (Å²) in [5, 5.41) is 21.0. The van der Waals surface area contributed by atoms with Crippen LogP contribution in [-0.4, -0.2) is 52.0 Å². The number of ether oxygens (including phenoxy) is 2. The van der Waals surface area contributed by atoms with Crippen molar-refractivity contribution in [3.05, 3.63) is 36.7 Å². The van der Waals surface area contributed by atoms with Crippen molar-refractivity contribution in [1.82, 2.24) is 20.3 Å². The van der Waals surface area contributed by atoms with Crippen molar-refractivity contribution in [2.45, 2.75) is 32.5 Å². The normalized spacial score (nSPS) is 11.8. The molecule has 1 unspecified atom stereocenters. The van der Waals surface area contributed by atoms with Crippen LogP contribution in [0.5, 0.6) is 11.5 Å². The number of aliphatic hydroxyl groups excluding tert-OH is 1. The molecule has 0 spiro atoms. The molecule has 0 radical (unpaired) electrons. The van der Waals surface area contributed by atoms with E-state index in [1.54, 1.807) is 17.2 Å². The lowest BCUT2D eigenvalue weighted by Crippen LogP contribution is -2.35. The molecular weight excluding hydrogens is 332 g/mol. The Morgan fingerprint density at radius 1 is 1.08 bits per heavy atom. The summed E-state index contributed by atoms with van der Waals surface area (Å²) in [6.45, 7) is 5.93. The summed E-state index contributed by atoms with van der Waals surface area (Å²) in [6, 6.07) is 7.67. The molecule has 0 aliphatic rings. The maximum Gasteiger partial charge on any atom is 0.119 e. The highest BCUT2D eigenvalue weighted by atomic mass is 35.5. The monoisotopic (exact) mass is 356 g/mol. The second-order valence-corrected chi connectivity index (χ2v) is 5.47. The van der Waals surface area contributed by atoms with Crippen LogP contribution in [-0.2, 0) is 6.54 Å². The van der Waals surface area contributed by atoms with Crippen LogP contribution in [0.4, 0.5) is 0 Å². The molecule has 0 bridgehead atoms. The van der Waals surface area contributed by atoms with Crippen LogP contribution in [0, 0.1) is 0 Å². The van der Waals surface area contributed by atoms with Crippen molar-refractivity contribution >= 4 is 12.4 Å². The van der Waals surface area contributed by atoms with Crippen LogP contribution >= 0.6 is 12.4 Å². The Morgan fingerprint density at radius 3 is 2.25 bits per heavy atom. The lowest BCUT2D eigenvalue weighted by atomic mass is 10.3. The highest BCUT2D eigenvalue weighted by Crippen LogP contribution is 2.17. The summed E-state index contributed by atoms with van der Waals surface area (Å²) in [5.74, 6) is 1.46. The van der Waals surface area contributed by atoms with Gasteiger partial charge in [0.05, 0.1) is 18.9 Å². The summed E-state index contributed by atoms with van der Waals surface area (Å²) in [6.07, 6.45) is 2.74. The minimum Gasteiger partial charge on any atom is -0.492 e. The third-order valence-electron chi connectivity index (χ3n) is 3.05. The topological polar surface area (TPSA) is 81.4 Å². The third-order valence-corrected chi connectivity index (χ3v) is 3.05. The Hall–Kier alpha value is -1.83. The molecule has 1 heterocycles. The van der Waals surface area contributed by atoms with E-state index in [2.05, 4.69) is 15.5 Å². The van der Waals surface area contributed by atoms with Crippen LogP contribution < -0.4 is 14.8 Å². The molecule has 2 N–H and O–H groups in total. The number of nitrogens with one attached hydrogen (secondary N) is 1. The number of aromatic nitrogens is 3. The van der Waals surface area contributed by atoms with Crippen LogP contribution in [0.25, 0.3) is 0 Å². The van der Waals surface area contributed by atoms with Crippen molar-refractivity contribution in [3.63, 3.8) is 0 Å². The number of rotatable bonds is 10. The lowest BCUT2D eigenvalue weighted by Gasteiger charge is -2.15. The summed E-state index contributed by atoms with van der Waals surface area (Å²) >= 11 is 0. The number of benzene rings is 1. The number of halogens is 1. The molecule has 2 aromatic rings. The van der Waals surface area contributed by atoms with Crippen LogP contribution in [0.3, 0.4) is 0 Å². The van der Waals surface area contributed by atoms with E-state index < -0.39 is 6.10 Å². The van der Waals surface area contributed by atoms with Crippen molar-refractivity contribution in [1.29, 1.82) is 0 Å². The lowest BCUT2D eigenvalue weighted by molar-refractivity contribution is 0.104. The van der Waals surface area contributed by atoms with E-state index in [0.717, 1.165) is 5.75 Å². The zero-order valence-electron chi connectivity index (χ0n) is 14.0. The fraction of sp³-hybridized carbons (Fsp3) is 0.500. The number of hydrogen-bond donors (Lipinski definition) is 2. The highest BCUT2D eigenvalue weighted by Gasteiger charge is 2.06. The summed E-state index contributed by atoms with van der Waals surface area (Å²) in [4.78, 5) is 1.57. The van der Waals surface area contributed by atoms with Gasteiger partial charge in [0, 0.05) is 12.6 Å². The molecule has 8 heteroatoms. The fourth-order valence-corrected chi connectivity index (χ4v) is 1.86. The van der Waals surface area contributed by atoms with Gasteiger partial charge < -0.3 is 19.9 Å². The molecule has 0 saturated carbocycles. The first-order valence-corrected chi connectivity index (χ1v) is 7.74. The van der Waals surface area contributed by atoms with Gasteiger partial charge in [-0.3, -0.25) is 0 Å². The van der Waals surface area contributed by atoms with Gasteiger partial charge in [0.25, 0.3) is 0 Å². The molecule has 0 fully saturated rings. The van der Waals surface area contributed by atoms with Crippen molar-refractivity contribution in [3.8, 4) is 11.5 Å². The maximum atomic E-state index is 9.79. The summed E-state index contributed by atoms with van der Waals surface area (Å²) in [7, 11) is 0. The van der Waals surface area contributed by atoms with Gasteiger partial charge in [-0.15, -0.1) is 12.4 Å². The SMILES string of the molecule is CC(C)NCC(O)COc1ccc(OCCn2nccn2)cc1.Cl. The molecule has 1 atom stereocenters. The number of hydrogen-bond acceptors (Lipinski definition) is 6. The average Bonchev–Trinajstić information content (AvgIpc) is 3.05. The molecule has 7 nitrogen and oxygen atoms in total. The van der Waals surface area contributed by atoms with Gasteiger partial charge in [-0.1, -0.05) is 13.8 Å². The predicted molar refractivity (Wildman–Crippen MR) is 93.8 cm³/mol. The zero-order chi connectivity index (χ0) is 16.5. The van der Waals surface area contributed by atoms with E-state index in [9.17, 15) is 5.11 Å². The quantitative estimate of drug-likeness (QED) is 0.671. The molecule has 0 aliphatic carbocycles. The van der Waals surface area contributed by atoms with Gasteiger partial charge >= 0.3 is 0 Å². The van der Waals surface area contributed by atoms with E-state index in [0.29, 0.717) is 31.5 Å². The molecule has 134 valence electrons. The number of aliphatic hydroxyl groups is 1. The van der Waals surface area contributed by atoms with Gasteiger partial charge in [-0.2, -0.15) is 15.0 Å². The third kappa shape index (κ3) is 7.63. The standard InChI is InChI=1S/C16H24N4O3.ClH/c1-13(2)17-11-14(21)12-23-16-5-3-15(4-6-16)22-10-9-20-18-7-8-19-20;/h3-8,13-14,17,21H,9-12H2,1-2H3;1H. The fourth-order valence-electron chi connectivity index (χ4n) is 1.86. The van der Waals surface area contributed by atoms with Gasteiger partial charge in [0.1, 0.15) is 30.8 Å². The van der Waals surface area contributed by atoms with Gasteiger partial charge in [0.15, 0.2) is 0 Å². The van der Waals surface area contributed by atoms with E-state index in [-0.39, 0.29) is 19.0 Å². The molecular formula is C16H25ClN4O3. The largest absolute Gasteiger partial charge is 0.492 e. The predicted octanol–water partition coefficient (Wildman–Crippen LogP) is 1.52. The second-order valence-electron chi connectivity index (χ2n) is 5.47. The molecule has 1 aromatic carbocycles. The first kappa shape index (κ1) is 20.2. The Morgan fingerprint density at radius 2 is 1.67 bits per heavy atom. The maximum absolute atomic E-state index is 9.79. The van der Waals surface area contributed by atoms with Crippen molar-refractivity contribution in [2.75, 3.05) is 19.8 Å². The Kier molecular flexibility index (Phi) is 9.14. The van der Waals surface area contributed by atoms with E-state index in [4.69, 9.17) is 9.47 Å². The Balaban J connectivity index is 0.00000288. The van der Waals surface area contributed by atoms with Crippen LogP contribution in [0.15, 0.2) is 36.7 Å². The molecule has 24 heavy (non-hydrogen) atoms. The first-order valence-electron chi connectivity index (χ1n) is 7.74. The van der Waals surface area contributed by atoms with E-state index >= 15 is 0 Å². The number of nitrogens with zero attached hydrogens (tertiary/aromatic N) is 3. The highest BCUT2D eigenvalue weighted by molar-refractivity contribution is 5.85. The van der Waals surface area contributed by atoms with E-state index in [1.165, 1.54) is 0 Å². The minimum atomic E-state index is -0.533. The van der Waals surface area contributed by atoms with Gasteiger partial charge in [-0.05, 0) is 24.3 Å². The first-order chi connectivity index (χ1) is 11.1. The molecule has 2 rings (SSSR count). The molecule has 0 aliphatic heterocycles. The van der Waals surface area contributed by atoms with Crippen molar-refractivity contribution in [2.24, 2.45) is 0 Å². The van der Waals surface area contributed by atoms with E-state index in [1.807, 2.05) is 38.1 Å². The van der Waals surface area contributed by atoms with Gasteiger partial charge in [-0.25, -0.2) is 0 Å². The Bertz CT molecular complexity index is 549. The second kappa shape index (κ2) is 10.9. The van der Waals surface area contributed by atoms with Crippen LogP contribution in [0.1, 0.15) is 13.8 Å². The molecule has 0 amide bonds. The minimum absolute atomic E-state index is 0. The Labute approximate surface area is 148 Å². The summed E-state index contributed by atoms with van der Waals surface area (Å²) in [5.41, 5.74) is 0. The average molecular weight is 357 g/mol. The smallest absolute Gasteiger partial charge is 0.119 e. The summed E-state index contributed by atoms with van der Waals surface area (Å²) < 4.78 is 11.2. The zero-order valence-corrected chi connectivity index (χ0v) is 14.8.